The van der Waals surface area contributed by atoms with Gasteiger partial charge in [-0.05, 0) is 23.3 Å². The first-order chi connectivity index (χ1) is 9.76. The SMILES string of the molecule is CS(=O)(=O)Nc1ccc(C(CC(N)=O)=C(C#N)C#N)cc1. The molecule has 0 saturated heterocycles. The number of allylic oxidation sites excluding steroid dienone is 1. The van der Waals surface area contributed by atoms with Crippen LogP contribution in [0, 0.1) is 22.7 Å². The molecule has 1 aromatic carbocycles. The summed E-state index contributed by atoms with van der Waals surface area (Å²) in [7, 11) is -3.40. The molecule has 0 aliphatic heterocycles. The first-order valence-corrected chi connectivity index (χ1v) is 7.56. The van der Waals surface area contributed by atoms with E-state index in [0.29, 0.717) is 11.3 Å². The van der Waals surface area contributed by atoms with E-state index < -0.39 is 15.9 Å². The lowest BCUT2D eigenvalue weighted by atomic mass is 9.97. The van der Waals surface area contributed by atoms with Gasteiger partial charge in [-0.3, -0.25) is 9.52 Å². The maximum absolute atomic E-state index is 11.1. The quantitative estimate of drug-likeness (QED) is 0.773. The minimum absolute atomic E-state index is 0.207. The molecule has 0 heterocycles. The standard InChI is InChI=1S/C13H12N4O3S/c1-21(19,20)17-11-4-2-9(3-5-11)12(6-13(16)18)10(7-14)8-15/h2-5,17H,6H2,1H3,(H2,16,18). The fourth-order valence-electron chi connectivity index (χ4n) is 1.62. The van der Waals surface area contributed by atoms with Gasteiger partial charge in [0.15, 0.2) is 0 Å². The summed E-state index contributed by atoms with van der Waals surface area (Å²) in [6.07, 6.45) is 0.762. The van der Waals surface area contributed by atoms with E-state index in [4.69, 9.17) is 16.3 Å². The van der Waals surface area contributed by atoms with Gasteiger partial charge in [-0.1, -0.05) is 12.1 Å². The summed E-state index contributed by atoms with van der Waals surface area (Å²) in [5, 5.41) is 17.8. The molecule has 0 aromatic heterocycles. The zero-order chi connectivity index (χ0) is 16.0. The molecule has 21 heavy (non-hydrogen) atoms. The van der Waals surface area contributed by atoms with Gasteiger partial charge in [0.25, 0.3) is 0 Å². The molecular weight excluding hydrogens is 292 g/mol. The molecule has 0 saturated carbocycles. The molecular formula is C13H12N4O3S. The van der Waals surface area contributed by atoms with Crippen molar-refractivity contribution in [1.29, 1.82) is 10.5 Å². The summed E-state index contributed by atoms with van der Waals surface area (Å²) < 4.78 is 24.5. The lowest BCUT2D eigenvalue weighted by Crippen LogP contribution is -2.12. The highest BCUT2D eigenvalue weighted by atomic mass is 32.2. The maximum atomic E-state index is 11.1. The van der Waals surface area contributed by atoms with Crippen LogP contribution in [0.25, 0.3) is 5.57 Å². The average Bonchev–Trinajstić information content (AvgIpc) is 2.37. The second-order valence-electron chi connectivity index (χ2n) is 4.17. The fraction of sp³-hybridized carbons (Fsp3) is 0.154. The first kappa shape index (κ1) is 16.2. The Labute approximate surface area is 122 Å². The van der Waals surface area contributed by atoms with Gasteiger partial charge in [0.2, 0.25) is 15.9 Å². The number of nitrogens with zero attached hydrogens (tertiary/aromatic N) is 2. The Kier molecular flexibility index (Phi) is 5.06. The summed E-state index contributed by atoms with van der Waals surface area (Å²) >= 11 is 0. The van der Waals surface area contributed by atoms with E-state index in [9.17, 15) is 13.2 Å². The highest BCUT2D eigenvalue weighted by Gasteiger charge is 2.12. The highest BCUT2D eigenvalue weighted by molar-refractivity contribution is 7.92. The van der Waals surface area contributed by atoms with Gasteiger partial charge in [0, 0.05) is 5.69 Å². The normalized spacial score (nSPS) is 10.0. The molecule has 3 N–H and O–H groups in total. The number of hydrogen-bond acceptors (Lipinski definition) is 5. The summed E-state index contributed by atoms with van der Waals surface area (Å²) in [4.78, 5) is 11.1. The molecule has 8 heteroatoms. The number of carbonyl (C=O) groups is 1. The van der Waals surface area contributed by atoms with Crippen molar-refractivity contribution in [2.45, 2.75) is 6.42 Å². The van der Waals surface area contributed by atoms with Gasteiger partial charge in [-0.25, -0.2) is 8.42 Å². The van der Waals surface area contributed by atoms with E-state index >= 15 is 0 Å². The Hall–Kier alpha value is -2.84. The Morgan fingerprint density at radius 3 is 2.14 bits per heavy atom. The van der Waals surface area contributed by atoms with Crippen LogP contribution in [0.3, 0.4) is 0 Å². The molecule has 0 aliphatic rings. The number of nitrogens with one attached hydrogen (secondary N) is 1. The number of nitriles is 2. The monoisotopic (exact) mass is 304 g/mol. The number of nitrogens with two attached hydrogens (primary N) is 1. The first-order valence-electron chi connectivity index (χ1n) is 5.66. The van der Waals surface area contributed by atoms with Crippen LogP contribution in [0.4, 0.5) is 5.69 Å². The average molecular weight is 304 g/mol. The topological polar surface area (TPSA) is 137 Å². The third kappa shape index (κ3) is 4.97. The summed E-state index contributed by atoms with van der Waals surface area (Å²) in [5.74, 6) is -0.675. The van der Waals surface area contributed by atoms with Gasteiger partial charge in [0.05, 0.1) is 12.7 Å². The largest absolute Gasteiger partial charge is 0.369 e. The van der Waals surface area contributed by atoms with E-state index in [1.54, 1.807) is 12.1 Å². The Balaban J connectivity index is 3.24. The Morgan fingerprint density at radius 2 is 1.76 bits per heavy atom. The van der Waals surface area contributed by atoms with E-state index in [1.807, 2.05) is 0 Å². The second kappa shape index (κ2) is 6.55. The van der Waals surface area contributed by atoms with Gasteiger partial charge >= 0.3 is 0 Å². The van der Waals surface area contributed by atoms with Gasteiger partial charge in [-0.2, -0.15) is 10.5 Å². The second-order valence-corrected chi connectivity index (χ2v) is 5.92. The number of hydrogen-bond donors (Lipinski definition) is 2. The molecule has 0 bridgehead atoms. The van der Waals surface area contributed by atoms with Crippen LogP contribution in [0.2, 0.25) is 0 Å². The Morgan fingerprint density at radius 1 is 1.24 bits per heavy atom. The summed E-state index contributed by atoms with van der Waals surface area (Å²) in [6, 6.07) is 9.34. The van der Waals surface area contributed by atoms with Crippen LogP contribution in [0.15, 0.2) is 29.8 Å². The highest BCUT2D eigenvalue weighted by Crippen LogP contribution is 2.23. The lowest BCUT2D eigenvalue weighted by Gasteiger charge is -2.08. The minimum atomic E-state index is -3.40. The van der Waals surface area contributed by atoms with Crippen molar-refractivity contribution in [2.24, 2.45) is 5.73 Å². The number of rotatable bonds is 5. The summed E-state index contributed by atoms with van der Waals surface area (Å²) in [6.45, 7) is 0. The number of carbonyl (C=O) groups excluding carboxylic acids is 1. The van der Waals surface area contributed by atoms with Crippen LogP contribution in [-0.4, -0.2) is 20.6 Å². The van der Waals surface area contributed by atoms with Crippen molar-refractivity contribution in [2.75, 3.05) is 11.0 Å². The van der Waals surface area contributed by atoms with Crippen LogP contribution in [0.1, 0.15) is 12.0 Å². The maximum Gasteiger partial charge on any atom is 0.229 e. The predicted octanol–water partition coefficient (Wildman–Crippen LogP) is 0.734. The molecule has 1 rings (SSSR count). The van der Waals surface area contributed by atoms with Crippen molar-refractivity contribution in [1.82, 2.24) is 0 Å². The van der Waals surface area contributed by atoms with Crippen LogP contribution >= 0.6 is 0 Å². The van der Waals surface area contributed by atoms with Crippen LogP contribution in [-0.2, 0) is 14.8 Å². The molecule has 0 fully saturated rings. The number of anilines is 1. The predicted molar refractivity (Wildman–Crippen MR) is 76.9 cm³/mol. The summed E-state index contributed by atoms with van der Waals surface area (Å²) in [5.41, 5.74) is 5.88. The zero-order valence-corrected chi connectivity index (χ0v) is 11.9. The molecule has 0 unspecified atom stereocenters. The number of sulfonamides is 1. The molecule has 1 amide bonds. The van der Waals surface area contributed by atoms with Crippen molar-refractivity contribution in [3.63, 3.8) is 0 Å². The van der Waals surface area contributed by atoms with E-state index in [0.717, 1.165) is 6.26 Å². The molecule has 1 aromatic rings. The fourth-order valence-corrected chi connectivity index (χ4v) is 2.19. The van der Waals surface area contributed by atoms with Crippen molar-refractivity contribution >= 4 is 27.2 Å². The molecule has 0 spiro atoms. The molecule has 7 nitrogen and oxygen atoms in total. The van der Waals surface area contributed by atoms with E-state index in [1.165, 1.54) is 24.3 Å². The Bertz CT molecular complexity index is 749. The van der Waals surface area contributed by atoms with E-state index in [2.05, 4.69) is 4.72 Å². The zero-order valence-electron chi connectivity index (χ0n) is 11.1. The lowest BCUT2D eigenvalue weighted by molar-refractivity contribution is -0.117. The van der Waals surface area contributed by atoms with Crippen molar-refractivity contribution in [3.05, 3.63) is 35.4 Å². The van der Waals surface area contributed by atoms with Gasteiger partial charge in [0.1, 0.15) is 17.7 Å². The van der Waals surface area contributed by atoms with E-state index in [-0.39, 0.29) is 17.6 Å². The molecule has 0 radical (unpaired) electrons. The molecule has 108 valence electrons. The number of benzene rings is 1. The van der Waals surface area contributed by atoms with Crippen molar-refractivity contribution in [3.8, 4) is 12.1 Å². The third-order valence-corrected chi connectivity index (χ3v) is 3.02. The van der Waals surface area contributed by atoms with Gasteiger partial charge < -0.3 is 5.73 Å². The third-order valence-electron chi connectivity index (χ3n) is 2.41. The molecule has 0 aliphatic carbocycles. The minimum Gasteiger partial charge on any atom is -0.369 e. The number of amides is 1. The van der Waals surface area contributed by atoms with Crippen molar-refractivity contribution < 1.29 is 13.2 Å². The molecule has 0 atom stereocenters. The van der Waals surface area contributed by atoms with Gasteiger partial charge in [-0.15, -0.1) is 0 Å². The smallest absolute Gasteiger partial charge is 0.229 e. The van der Waals surface area contributed by atoms with Crippen LogP contribution < -0.4 is 10.5 Å². The van der Waals surface area contributed by atoms with Crippen LogP contribution in [0.5, 0.6) is 0 Å². The number of primary amides is 1.